The monoisotopic (exact) mass is 270 g/mol. The third-order valence-corrected chi connectivity index (χ3v) is 3.51. The quantitative estimate of drug-likeness (QED) is 0.648. The molecule has 0 fully saturated rings. The number of fused-ring (bicyclic) bond motifs is 2. The van der Waals surface area contributed by atoms with Crippen LogP contribution in [0.3, 0.4) is 0 Å². The van der Waals surface area contributed by atoms with Crippen LogP contribution >= 0.6 is 0 Å². The van der Waals surface area contributed by atoms with Gasteiger partial charge in [0.1, 0.15) is 11.6 Å². The van der Waals surface area contributed by atoms with Gasteiger partial charge in [0.15, 0.2) is 0 Å². The van der Waals surface area contributed by atoms with Crippen LogP contribution in [-0.2, 0) is 10.8 Å². The number of nitrogens with one attached hydrogen (secondary N) is 2. The first-order chi connectivity index (χ1) is 9.14. The minimum atomic E-state index is 0.0245. The molecule has 2 N–H and O–H groups in total. The van der Waals surface area contributed by atoms with Crippen LogP contribution in [0.15, 0.2) is 12.1 Å². The predicted molar refractivity (Wildman–Crippen MR) is 83.1 cm³/mol. The minimum Gasteiger partial charge on any atom is -0.341 e. The Balaban J connectivity index is 2.20. The van der Waals surface area contributed by atoms with Gasteiger partial charge in [0, 0.05) is 10.8 Å². The Hall–Kier alpha value is -1.84. The number of hydrogen-bond donors (Lipinski definition) is 2. The summed E-state index contributed by atoms with van der Waals surface area (Å²) in [6.45, 7) is 13.0. The highest BCUT2D eigenvalue weighted by molar-refractivity contribution is 5.91. The molecule has 4 nitrogen and oxygen atoms in total. The predicted octanol–water partition coefficient (Wildman–Crippen LogP) is 4.03. The summed E-state index contributed by atoms with van der Waals surface area (Å²) in [5.74, 6) is 2.02. The molecule has 0 aliphatic rings. The van der Waals surface area contributed by atoms with Gasteiger partial charge in [-0.1, -0.05) is 41.5 Å². The molecule has 4 heteroatoms. The molecule has 20 heavy (non-hydrogen) atoms. The second-order valence-corrected chi connectivity index (χ2v) is 7.56. The molecule has 0 aliphatic heterocycles. The Kier molecular flexibility index (Phi) is 2.53. The van der Waals surface area contributed by atoms with E-state index in [0.29, 0.717) is 0 Å². The minimum absolute atomic E-state index is 0.0245. The molecule has 0 spiro atoms. The highest BCUT2D eigenvalue weighted by Gasteiger charge is 2.21. The van der Waals surface area contributed by atoms with Crippen LogP contribution in [-0.4, -0.2) is 19.9 Å². The van der Waals surface area contributed by atoms with E-state index in [2.05, 4.69) is 63.6 Å². The maximum absolute atomic E-state index is 4.70. The average Bonchev–Trinajstić information content (AvgIpc) is 2.85. The molecule has 0 unspecified atom stereocenters. The molecule has 3 rings (SSSR count). The summed E-state index contributed by atoms with van der Waals surface area (Å²) in [5, 5.41) is 0. The summed E-state index contributed by atoms with van der Waals surface area (Å²) in [4.78, 5) is 16.2. The van der Waals surface area contributed by atoms with Crippen LogP contribution < -0.4 is 0 Å². The number of benzene rings is 1. The van der Waals surface area contributed by atoms with Gasteiger partial charge in [-0.2, -0.15) is 0 Å². The van der Waals surface area contributed by atoms with Crippen molar-refractivity contribution in [1.29, 1.82) is 0 Å². The zero-order valence-corrected chi connectivity index (χ0v) is 13.0. The molecule has 0 saturated heterocycles. The van der Waals surface area contributed by atoms with Gasteiger partial charge < -0.3 is 9.97 Å². The van der Waals surface area contributed by atoms with Gasteiger partial charge >= 0.3 is 0 Å². The van der Waals surface area contributed by atoms with Crippen LogP contribution in [0.5, 0.6) is 0 Å². The van der Waals surface area contributed by atoms with Crippen molar-refractivity contribution in [3.05, 3.63) is 23.8 Å². The molecule has 2 aromatic heterocycles. The standard InChI is InChI=1S/C16H22N4/c1-15(2,3)13-17-9-7-11-12(8-10(9)18-13)20-14(19-11)16(4,5)6/h7-8H,1-6H3,(H,17,18)(H,19,20). The second-order valence-electron chi connectivity index (χ2n) is 7.56. The maximum Gasteiger partial charge on any atom is 0.112 e. The topological polar surface area (TPSA) is 57.4 Å². The molecule has 0 aliphatic carbocycles. The van der Waals surface area contributed by atoms with Crippen molar-refractivity contribution < 1.29 is 0 Å². The molecular formula is C16H22N4. The zero-order valence-electron chi connectivity index (χ0n) is 13.0. The smallest absolute Gasteiger partial charge is 0.112 e. The molecular weight excluding hydrogens is 248 g/mol. The molecule has 0 amide bonds. The fourth-order valence-electron chi connectivity index (χ4n) is 2.22. The fraction of sp³-hybridized carbons (Fsp3) is 0.500. The second kappa shape index (κ2) is 3.84. The van der Waals surface area contributed by atoms with E-state index in [9.17, 15) is 0 Å². The highest BCUT2D eigenvalue weighted by Crippen LogP contribution is 2.27. The van der Waals surface area contributed by atoms with Crippen LogP contribution in [0.1, 0.15) is 53.2 Å². The van der Waals surface area contributed by atoms with E-state index >= 15 is 0 Å². The Labute approximate surface area is 119 Å². The van der Waals surface area contributed by atoms with E-state index in [1.54, 1.807) is 0 Å². The first kappa shape index (κ1) is 13.2. The van der Waals surface area contributed by atoms with Gasteiger partial charge in [-0.3, -0.25) is 0 Å². The van der Waals surface area contributed by atoms with E-state index < -0.39 is 0 Å². The van der Waals surface area contributed by atoms with Gasteiger partial charge in [0.05, 0.1) is 22.1 Å². The van der Waals surface area contributed by atoms with E-state index in [1.165, 1.54) is 0 Å². The fourth-order valence-corrected chi connectivity index (χ4v) is 2.22. The number of rotatable bonds is 0. The molecule has 0 atom stereocenters. The van der Waals surface area contributed by atoms with Crippen molar-refractivity contribution in [1.82, 2.24) is 19.9 Å². The number of aromatic amines is 2. The maximum atomic E-state index is 4.70. The summed E-state index contributed by atoms with van der Waals surface area (Å²) in [7, 11) is 0. The third-order valence-electron chi connectivity index (χ3n) is 3.51. The normalized spacial score (nSPS) is 13.5. The Bertz CT molecular complexity index is 664. The summed E-state index contributed by atoms with van der Waals surface area (Å²) >= 11 is 0. The number of imidazole rings is 2. The average molecular weight is 270 g/mol. The summed E-state index contributed by atoms with van der Waals surface area (Å²) in [6.07, 6.45) is 0. The molecule has 0 bridgehead atoms. The molecule has 106 valence electrons. The van der Waals surface area contributed by atoms with Gasteiger partial charge in [-0.05, 0) is 12.1 Å². The van der Waals surface area contributed by atoms with Gasteiger partial charge in [-0.15, -0.1) is 0 Å². The van der Waals surface area contributed by atoms with E-state index in [0.717, 1.165) is 33.7 Å². The van der Waals surface area contributed by atoms with E-state index in [-0.39, 0.29) is 10.8 Å². The SMILES string of the molecule is CC(C)(C)c1nc2cc3nc(C(C)(C)C)[nH]c3cc2[nH]1. The molecule has 1 aromatic carbocycles. The molecule has 2 heterocycles. The van der Waals surface area contributed by atoms with Crippen molar-refractivity contribution >= 4 is 22.1 Å². The lowest BCUT2D eigenvalue weighted by Crippen LogP contribution is -2.13. The summed E-state index contributed by atoms with van der Waals surface area (Å²) < 4.78 is 0. The first-order valence-corrected chi connectivity index (χ1v) is 7.05. The third kappa shape index (κ3) is 2.09. The van der Waals surface area contributed by atoms with Gasteiger partial charge in [-0.25, -0.2) is 9.97 Å². The van der Waals surface area contributed by atoms with Crippen LogP contribution in [0, 0.1) is 0 Å². The lowest BCUT2D eigenvalue weighted by molar-refractivity contribution is 0.554. The van der Waals surface area contributed by atoms with Crippen molar-refractivity contribution in [3.63, 3.8) is 0 Å². The van der Waals surface area contributed by atoms with Crippen LogP contribution in [0.2, 0.25) is 0 Å². The van der Waals surface area contributed by atoms with Gasteiger partial charge in [0.2, 0.25) is 0 Å². The van der Waals surface area contributed by atoms with Gasteiger partial charge in [0.25, 0.3) is 0 Å². The molecule has 0 radical (unpaired) electrons. The van der Waals surface area contributed by atoms with Crippen molar-refractivity contribution in [3.8, 4) is 0 Å². The Morgan fingerprint density at radius 1 is 0.700 bits per heavy atom. The Morgan fingerprint density at radius 2 is 1.10 bits per heavy atom. The van der Waals surface area contributed by atoms with E-state index in [1.807, 2.05) is 0 Å². The number of H-pyrrole nitrogens is 2. The number of nitrogens with zero attached hydrogens (tertiary/aromatic N) is 2. The van der Waals surface area contributed by atoms with Crippen molar-refractivity contribution in [2.45, 2.75) is 52.4 Å². The van der Waals surface area contributed by atoms with E-state index in [4.69, 9.17) is 9.97 Å². The summed E-state index contributed by atoms with van der Waals surface area (Å²) in [5.41, 5.74) is 4.13. The van der Waals surface area contributed by atoms with Crippen LogP contribution in [0.25, 0.3) is 22.1 Å². The largest absolute Gasteiger partial charge is 0.341 e. The molecule has 0 saturated carbocycles. The lowest BCUT2D eigenvalue weighted by atomic mass is 9.96. The van der Waals surface area contributed by atoms with Crippen molar-refractivity contribution in [2.75, 3.05) is 0 Å². The summed E-state index contributed by atoms with van der Waals surface area (Å²) in [6, 6.07) is 4.16. The number of aromatic nitrogens is 4. The molecule has 3 aromatic rings. The highest BCUT2D eigenvalue weighted by atomic mass is 15.0. The lowest BCUT2D eigenvalue weighted by Gasteiger charge is -2.13. The zero-order chi connectivity index (χ0) is 14.7. The number of hydrogen-bond acceptors (Lipinski definition) is 2. The van der Waals surface area contributed by atoms with Crippen LogP contribution in [0.4, 0.5) is 0 Å². The van der Waals surface area contributed by atoms with Crippen molar-refractivity contribution in [2.24, 2.45) is 0 Å². The first-order valence-electron chi connectivity index (χ1n) is 7.05. The Morgan fingerprint density at radius 3 is 1.45 bits per heavy atom.